The van der Waals surface area contributed by atoms with Crippen molar-refractivity contribution in [3.63, 3.8) is 0 Å². The first-order valence-electron chi connectivity index (χ1n) is 6.01. The predicted octanol–water partition coefficient (Wildman–Crippen LogP) is 1.32. The van der Waals surface area contributed by atoms with Crippen LogP contribution in [-0.4, -0.2) is 48.4 Å². The Balaban J connectivity index is 4.92. The van der Waals surface area contributed by atoms with Crippen LogP contribution in [0.3, 0.4) is 0 Å². The smallest absolute Gasteiger partial charge is 0.139 e. The van der Waals surface area contributed by atoms with Crippen LogP contribution >= 0.6 is 12.6 Å². The minimum absolute atomic E-state index is 0.0134. The standard InChI is InChI=1S/C12H22NO3SSi/c1-4-5-6-7-12(17,8-13)18-10(15)11(2,9-14)16-3/h14-15,17H,4-7,9H2,1-3H3. The third-order valence-corrected chi connectivity index (χ3v) is 5.11. The number of unbranched alkanes of at least 4 members (excludes halogenated alkanes) is 2. The van der Waals surface area contributed by atoms with Gasteiger partial charge in [-0.3, -0.25) is 0 Å². The molecule has 0 saturated heterocycles. The van der Waals surface area contributed by atoms with Gasteiger partial charge in [0.2, 0.25) is 0 Å². The van der Waals surface area contributed by atoms with Crippen molar-refractivity contribution < 1.29 is 14.9 Å². The Morgan fingerprint density at radius 2 is 2.11 bits per heavy atom. The fourth-order valence-corrected chi connectivity index (χ4v) is 3.01. The van der Waals surface area contributed by atoms with E-state index in [0.29, 0.717) is 6.42 Å². The number of nitrogens with zero attached hydrogens (tertiary/aromatic N) is 1. The predicted molar refractivity (Wildman–Crippen MR) is 76.7 cm³/mol. The summed E-state index contributed by atoms with van der Waals surface area (Å²) < 4.78 is 4.21. The van der Waals surface area contributed by atoms with Crippen molar-refractivity contribution in [2.24, 2.45) is 0 Å². The van der Waals surface area contributed by atoms with Crippen LogP contribution in [0, 0.1) is 11.3 Å². The summed E-state index contributed by atoms with van der Waals surface area (Å²) in [6.45, 7) is 3.35. The number of methoxy groups -OCH3 is 1. The van der Waals surface area contributed by atoms with Gasteiger partial charge in [0, 0.05) is 7.11 Å². The topological polar surface area (TPSA) is 73.5 Å². The van der Waals surface area contributed by atoms with E-state index in [9.17, 15) is 15.5 Å². The summed E-state index contributed by atoms with van der Waals surface area (Å²) in [5.74, 6) is 0. The van der Waals surface area contributed by atoms with Gasteiger partial charge in [-0.2, -0.15) is 17.9 Å². The molecule has 0 aliphatic heterocycles. The summed E-state index contributed by atoms with van der Waals surface area (Å²) in [4.78, 5) is 0. The summed E-state index contributed by atoms with van der Waals surface area (Å²) in [7, 11) is 1.23. The van der Waals surface area contributed by atoms with Crippen molar-refractivity contribution >= 4 is 27.1 Å². The average molecular weight is 288 g/mol. The number of hydrogen-bond donors (Lipinski definition) is 3. The van der Waals surface area contributed by atoms with E-state index in [2.05, 4.69) is 25.6 Å². The van der Waals surface area contributed by atoms with Gasteiger partial charge in [0.15, 0.2) is 0 Å². The van der Waals surface area contributed by atoms with Crippen LogP contribution in [0.1, 0.15) is 39.5 Å². The highest BCUT2D eigenvalue weighted by Crippen LogP contribution is 2.20. The second-order valence-corrected chi connectivity index (χ2v) is 7.26. The normalized spacial score (nSPS) is 18.8. The van der Waals surface area contributed by atoms with Crippen LogP contribution in [-0.2, 0) is 4.74 Å². The van der Waals surface area contributed by atoms with E-state index in [0.717, 1.165) is 19.3 Å². The molecular formula is C12H22NO3SSi. The molecule has 0 aliphatic rings. The van der Waals surface area contributed by atoms with E-state index >= 15 is 0 Å². The molecular weight excluding hydrogens is 266 g/mol. The number of thiol groups is 1. The molecule has 2 atom stereocenters. The van der Waals surface area contributed by atoms with Crippen LogP contribution in [0.25, 0.3) is 0 Å². The van der Waals surface area contributed by atoms with Crippen molar-refractivity contribution in [2.45, 2.75) is 49.5 Å². The van der Waals surface area contributed by atoms with Crippen LogP contribution in [0.2, 0.25) is 0 Å². The first kappa shape index (κ1) is 17.6. The fraction of sp³-hybridized carbons (Fsp3) is 0.833. The number of rotatable bonds is 8. The molecule has 0 aromatic carbocycles. The van der Waals surface area contributed by atoms with Crippen molar-refractivity contribution in [2.75, 3.05) is 13.7 Å². The lowest BCUT2D eigenvalue weighted by atomic mass is 10.1. The molecule has 0 saturated carbocycles. The van der Waals surface area contributed by atoms with E-state index < -0.39 is 9.97 Å². The molecule has 0 amide bonds. The highest BCUT2D eigenvalue weighted by atomic mass is 32.1. The number of nitriles is 1. The van der Waals surface area contributed by atoms with Crippen molar-refractivity contribution in [1.29, 1.82) is 5.26 Å². The summed E-state index contributed by atoms with van der Waals surface area (Å²) in [6, 6.07) is 2.15. The maximum Gasteiger partial charge on any atom is 0.139 e. The summed E-state index contributed by atoms with van der Waals surface area (Å²) in [6.07, 6.45) is 3.63. The maximum atomic E-state index is 10.0. The van der Waals surface area contributed by atoms with Gasteiger partial charge in [0.05, 0.1) is 12.7 Å². The lowest BCUT2D eigenvalue weighted by molar-refractivity contribution is 0.00636. The van der Waals surface area contributed by atoms with Gasteiger partial charge in [-0.15, -0.1) is 0 Å². The second kappa shape index (κ2) is 7.95. The third-order valence-electron chi connectivity index (χ3n) is 2.91. The molecule has 0 fully saturated rings. The first-order valence-corrected chi connectivity index (χ1v) is 7.46. The van der Waals surface area contributed by atoms with E-state index in [4.69, 9.17) is 4.74 Å². The molecule has 0 rings (SSSR count). The molecule has 0 aliphatic carbocycles. The van der Waals surface area contributed by atoms with Gasteiger partial charge >= 0.3 is 0 Å². The minimum atomic E-state index is -1.12. The van der Waals surface area contributed by atoms with Crippen LogP contribution in [0.4, 0.5) is 0 Å². The Bertz CT molecular complexity index is 326. The van der Waals surface area contributed by atoms with Crippen molar-refractivity contribution in [1.82, 2.24) is 0 Å². The zero-order valence-corrected chi connectivity index (χ0v) is 13.1. The molecule has 4 nitrogen and oxygen atoms in total. The van der Waals surface area contributed by atoms with E-state index in [1.54, 1.807) is 6.92 Å². The molecule has 0 heterocycles. The van der Waals surface area contributed by atoms with E-state index in [-0.39, 0.29) is 21.1 Å². The van der Waals surface area contributed by atoms with Gasteiger partial charge in [-0.1, -0.05) is 26.2 Å². The van der Waals surface area contributed by atoms with Gasteiger partial charge in [-0.05, 0) is 13.3 Å². The average Bonchev–Trinajstić information content (AvgIpc) is 2.38. The molecule has 0 aromatic rings. The fourth-order valence-electron chi connectivity index (χ4n) is 1.34. The maximum absolute atomic E-state index is 10.0. The van der Waals surface area contributed by atoms with Gasteiger partial charge in [0.1, 0.15) is 24.5 Å². The molecule has 0 bridgehead atoms. The molecule has 103 valence electrons. The van der Waals surface area contributed by atoms with Gasteiger partial charge in [-0.25, -0.2) is 0 Å². The molecule has 0 aromatic heterocycles. The summed E-state index contributed by atoms with van der Waals surface area (Å²) in [5, 5.41) is 28.4. The van der Waals surface area contributed by atoms with Crippen molar-refractivity contribution in [3.05, 3.63) is 0 Å². The molecule has 2 N–H and O–H groups in total. The van der Waals surface area contributed by atoms with E-state index in [1.807, 2.05) is 0 Å². The molecule has 18 heavy (non-hydrogen) atoms. The van der Waals surface area contributed by atoms with Gasteiger partial charge in [0.25, 0.3) is 0 Å². The van der Waals surface area contributed by atoms with Gasteiger partial charge < -0.3 is 14.9 Å². The number of aliphatic hydroxyl groups excluding tert-OH is 2. The summed E-state index contributed by atoms with van der Waals surface area (Å²) in [5.41, 5.74) is -1.12. The lowest BCUT2D eigenvalue weighted by Gasteiger charge is -2.27. The monoisotopic (exact) mass is 288 g/mol. The Labute approximate surface area is 117 Å². The van der Waals surface area contributed by atoms with Crippen LogP contribution in [0.5, 0.6) is 0 Å². The first-order chi connectivity index (χ1) is 8.37. The Morgan fingerprint density at radius 3 is 2.50 bits per heavy atom. The van der Waals surface area contributed by atoms with Crippen LogP contribution in [0.15, 0.2) is 0 Å². The van der Waals surface area contributed by atoms with Crippen LogP contribution < -0.4 is 0 Å². The lowest BCUT2D eigenvalue weighted by Crippen LogP contribution is -2.45. The quantitative estimate of drug-likeness (QED) is 0.358. The molecule has 0 spiro atoms. The number of ether oxygens (including phenoxy) is 1. The Morgan fingerprint density at radius 1 is 1.50 bits per heavy atom. The second-order valence-electron chi connectivity index (χ2n) is 4.50. The Hall–Kier alpha value is -0.353. The van der Waals surface area contributed by atoms with E-state index in [1.165, 1.54) is 7.11 Å². The third kappa shape index (κ3) is 5.10. The largest absolute Gasteiger partial charge is 0.515 e. The number of aliphatic hydroxyl groups is 2. The minimum Gasteiger partial charge on any atom is -0.515 e. The SMILES string of the molecule is CCCCCC(S)(C#N)[Si]=C(O)C(C)(CO)OC. The molecule has 2 unspecified atom stereocenters. The zero-order chi connectivity index (χ0) is 14.2. The van der Waals surface area contributed by atoms with Crippen molar-refractivity contribution in [3.8, 4) is 6.07 Å². The highest BCUT2D eigenvalue weighted by Gasteiger charge is 2.32. The summed E-state index contributed by atoms with van der Waals surface area (Å²) >= 11 is 4.37. The molecule has 1 radical (unpaired) electrons. The highest BCUT2D eigenvalue weighted by molar-refractivity contribution is 7.83. The zero-order valence-electron chi connectivity index (χ0n) is 11.2. The number of hydrogen-bond acceptors (Lipinski definition) is 5. The Kier molecular flexibility index (Phi) is 7.79. The molecule has 6 heteroatoms.